The lowest BCUT2D eigenvalue weighted by Gasteiger charge is -2.23. The molecule has 1 heterocycles. The van der Waals surface area contributed by atoms with Gasteiger partial charge in [-0.3, -0.25) is 4.90 Å². The van der Waals surface area contributed by atoms with Gasteiger partial charge in [0, 0.05) is 18.2 Å². The predicted octanol–water partition coefficient (Wildman–Crippen LogP) is 3.07. The molecule has 0 aromatic heterocycles. The Kier molecular flexibility index (Phi) is 3.75. The minimum atomic E-state index is -0.203. The Labute approximate surface area is 102 Å². The zero-order chi connectivity index (χ0) is 12.3. The fourth-order valence-corrected chi connectivity index (χ4v) is 2.55. The highest BCUT2D eigenvalue weighted by Gasteiger charge is 2.23. The van der Waals surface area contributed by atoms with E-state index in [2.05, 4.69) is 17.9 Å². The van der Waals surface area contributed by atoms with Crippen LogP contribution in [0.4, 0.5) is 4.39 Å². The first-order valence-corrected chi connectivity index (χ1v) is 6.17. The molecular weight excluding hydrogens is 215 g/mol. The zero-order valence-corrected chi connectivity index (χ0v) is 10.1. The van der Waals surface area contributed by atoms with E-state index in [1.54, 1.807) is 6.07 Å². The van der Waals surface area contributed by atoms with E-state index in [0.717, 1.165) is 13.0 Å². The maximum atomic E-state index is 13.7. The summed E-state index contributed by atoms with van der Waals surface area (Å²) in [6, 6.07) is 7.22. The van der Waals surface area contributed by atoms with E-state index in [9.17, 15) is 4.39 Å². The number of nitrogens with zero attached hydrogens (tertiary/aromatic N) is 2. The van der Waals surface area contributed by atoms with Crippen LogP contribution in [0, 0.1) is 17.1 Å². The van der Waals surface area contributed by atoms with Crippen molar-refractivity contribution >= 4 is 0 Å². The molecule has 3 heteroatoms. The van der Waals surface area contributed by atoms with Gasteiger partial charge in [-0.05, 0) is 44.0 Å². The highest BCUT2D eigenvalue weighted by Crippen LogP contribution is 2.23. The monoisotopic (exact) mass is 232 g/mol. The molecule has 1 atom stereocenters. The van der Waals surface area contributed by atoms with Crippen LogP contribution in [-0.4, -0.2) is 17.5 Å². The molecule has 90 valence electrons. The molecule has 17 heavy (non-hydrogen) atoms. The Hall–Kier alpha value is -1.40. The number of halogens is 1. The van der Waals surface area contributed by atoms with Crippen molar-refractivity contribution < 1.29 is 4.39 Å². The molecule has 2 nitrogen and oxygen atoms in total. The quantitative estimate of drug-likeness (QED) is 0.800. The number of rotatable bonds is 3. The Balaban J connectivity index is 2.15. The van der Waals surface area contributed by atoms with Gasteiger partial charge in [0.2, 0.25) is 0 Å². The van der Waals surface area contributed by atoms with E-state index in [-0.39, 0.29) is 5.82 Å². The zero-order valence-electron chi connectivity index (χ0n) is 10.1. The van der Waals surface area contributed by atoms with E-state index in [1.165, 1.54) is 25.0 Å². The Morgan fingerprint density at radius 2 is 2.35 bits per heavy atom. The van der Waals surface area contributed by atoms with Gasteiger partial charge in [0.05, 0.1) is 11.6 Å². The second-order valence-electron chi connectivity index (χ2n) is 4.59. The van der Waals surface area contributed by atoms with Gasteiger partial charge in [-0.2, -0.15) is 5.26 Å². The molecule has 0 radical (unpaired) electrons. The molecule has 0 bridgehead atoms. The van der Waals surface area contributed by atoms with Gasteiger partial charge >= 0.3 is 0 Å². The molecule has 1 unspecified atom stereocenters. The number of hydrogen-bond acceptors (Lipinski definition) is 2. The molecule has 1 aromatic carbocycles. The summed E-state index contributed by atoms with van der Waals surface area (Å²) >= 11 is 0. The van der Waals surface area contributed by atoms with Crippen LogP contribution in [0.3, 0.4) is 0 Å². The van der Waals surface area contributed by atoms with E-state index < -0.39 is 0 Å². The summed E-state index contributed by atoms with van der Waals surface area (Å²) in [4.78, 5) is 2.32. The first-order valence-electron chi connectivity index (χ1n) is 6.17. The highest BCUT2D eigenvalue weighted by molar-refractivity contribution is 5.33. The normalized spacial score (nSPS) is 20.4. The molecule has 0 N–H and O–H groups in total. The van der Waals surface area contributed by atoms with Crippen molar-refractivity contribution in [1.82, 2.24) is 4.90 Å². The molecule has 0 spiro atoms. The molecule has 1 saturated heterocycles. The summed E-state index contributed by atoms with van der Waals surface area (Å²) in [6.45, 7) is 3.83. The van der Waals surface area contributed by atoms with Crippen LogP contribution in [0.15, 0.2) is 18.2 Å². The van der Waals surface area contributed by atoms with Crippen molar-refractivity contribution in [2.24, 2.45) is 0 Å². The molecule has 2 rings (SSSR count). The van der Waals surface area contributed by atoms with Gasteiger partial charge in [0.15, 0.2) is 0 Å². The van der Waals surface area contributed by atoms with Gasteiger partial charge in [-0.1, -0.05) is 6.92 Å². The molecule has 1 aliphatic heterocycles. The van der Waals surface area contributed by atoms with Crippen LogP contribution in [0.2, 0.25) is 0 Å². The molecule has 0 aliphatic carbocycles. The van der Waals surface area contributed by atoms with E-state index in [4.69, 9.17) is 5.26 Å². The minimum Gasteiger partial charge on any atom is -0.296 e. The van der Waals surface area contributed by atoms with E-state index in [0.29, 0.717) is 23.7 Å². The maximum Gasteiger partial charge on any atom is 0.127 e. The maximum absolute atomic E-state index is 13.7. The van der Waals surface area contributed by atoms with Crippen molar-refractivity contribution in [3.8, 4) is 6.07 Å². The second-order valence-corrected chi connectivity index (χ2v) is 4.59. The Morgan fingerprint density at radius 1 is 1.53 bits per heavy atom. The smallest absolute Gasteiger partial charge is 0.127 e. The highest BCUT2D eigenvalue weighted by atomic mass is 19.1. The van der Waals surface area contributed by atoms with Crippen molar-refractivity contribution in [3.63, 3.8) is 0 Å². The number of hydrogen-bond donors (Lipinski definition) is 0. The van der Waals surface area contributed by atoms with Gasteiger partial charge < -0.3 is 0 Å². The summed E-state index contributed by atoms with van der Waals surface area (Å²) in [7, 11) is 0. The van der Waals surface area contributed by atoms with Gasteiger partial charge in [-0.15, -0.1) is 0 Å². The molecule has 1 fully saturated rings. The van der Waals surface area contributed by atoms with Crippen LogP contribution >= 0.6 is 0 Å². The largest absolute Gasteiger partial charge is 0.296 e. The van der Waals surface area contributed by atoms with Crippen LogP contribution < -0.4 is 0 Å². The van der Waals surface area contributed by atoms with Crippen molar-refractivity contribution in [1.29, 1.82) is 5.26 Å². The van der Waals surface area contributed by atoms with E-state index in [1.807, 2.05) is 0 Å². The van der Waals surface area contributed by atoms with Crippen LogP contribution in [-0.2, 0) is 6.54 Å². The fourth-order valence-electron chi connectivity index (χ4n) is 2.55. The summed E-state index contributed by atoms with van der Waals surface area (Å²) in [5, 5.41) is 8.83. The first-order chi connectivity index (χ1) is 8.24. The topological polar surface area (TPSA) is 27.0 Å². The number of benzene rings is 1. The standard InChI is InChI=1S/C14H17FN2/c1-2-13-4-3-7-17(13)10-12-8-11(9-16)5-6-14(12)15/h5-6,8,13H,2-4,7,10H2,1H3. The van der Waals surface area contributed by atoms with Gasteiger partial charge in [0.1, 0.15) is 5.82 Å². The summed E-state index contributed by atoms with van der Waals surface area (Å²) in [6.07, 6.45) is 3.51. The third-order valence-electron chi connectivity index (χ3n) is 3.52. The average Bonchev–Trinajstić information content (AvgIpc) is 2.79. The first kappa shape index (κ1) is 12.1. The lowest BCUT2D eigenvalue weighted by atomic mass is 10.1. The second kappa shape index (κ2) is 5.29. The molecular formula is C14H17FN2. The Morgan fingerprint density at radius 3 is 3.06 bits per heavy atom. The number of likely N-dealkylation sites (tertiary alicyclic amines) is 1. The van der Waals surface area contributed by atoms with Crippen molar-refractivity contribution in [3.05, 3.63) is 35.1 Å². The number of nitriles is 1. The van der Waals surface area contributed by atoms with E-state index >= 15 is 0 Å². The van der Waals surface area contributed by atoms with Crippen LogP contribution in [0.5, 0.6) is 0 Å². The Bertz CT molecular complexity index is 436. The molecule has 1 aromatic rings. The molecule has 0 saturated carbocycles. The summed E-state index contributed by atoms with van der Waals surface area (Å²) < 4.78 is 13.7. The average molecular weight is 232 g/mol. The van der Waals surface area contributed by atoms with Gasteiger partial charge in [-0.25, -0.2) is 4.39 Å². The predicted molar refractivity (Wildman–Crippen MR) is 64.8 cm³/mol. The summed E-state index contributed by atoms with van der Waals surface area (Å²) in [5.41, 5.74) is 1.18. The summed E-state index contributed by atoms with van der Waals surface area (Å²) in [5.74, 6) is -0.203. The van der Waals surface area contributed by atoms with Crippen molar-refractivity contribution in [2.45, 2.75) is 38.8 Å². The third kappa shape index (κ3) is 2.65. The molecule has 0 amide bonds. The minimum absolute atomic E-state index is 0.203. The SMILES string of the molecule is CCC1CCCN1Cc1cc(C#N)ccc1F. The lowest BCUT2D eigenvalue weighted by molar-refractivity contribution is 0.237. The van der Waals surface area contributed by atoms with Crippen molar-refractivity contribution in [2.75, 3.05) is 6.54 Å². The lowest BCUT2D eigenvalue weighted by Crippen LogP contribution is -2.28. The van der Waals surface area contributed by atoms with Gasteiger partial charge in [0.25, 0.3) is 0 Å². The molecule has 1 aliphatic rings. The third-order valence-corrected chi connectivity index (χ3v) is 3.52. The van der Waals surface area contributed by atoms with Crippen LogP contribution in [0.25, 0.3) is 0 Å². The van der Waals surface area contributed by atoms with Crippen LogP contribution in [0.1, 0.15) is 37.3 Å². The fraction of sp³-hybridized carbons (Fsp3) is 0.500.